The van der Waals surface area contributed by atoms with Crippen molar-refractivity contribution < 1.29 is 0 Å². The van der Waals surface area contributed by atoms with Gasteiger partial charge in [-0.1, -0.05) is 46.1 Å². The van der Waals surface area contributed by atoms with Gasteiger partial charge in [0.25, 0.3) is 0 Å². The van der Waals surface area contributed by atoms with E-state index in [9.17, 15) is 0 Å². The monoisotopic (exact) mass is 202 g/mol. The van der Waals surface area contributed by atoms with Crippen molar-refractivity contribution in [1.29, 1.82) is 0 Å². The Morgan fingerprint density at radius 3 is 2.00 bits per heavy atom. The molecule has 0 saturated heterocycles. The molecule has 3 heteroatoms. The van der Waals surface area contributed by atoms with Gasteiger partial charge in [0, 0.05) is 4.48 Å². The Bertz CT molecular complexity index is 83.7. The molecule has 0 rings (SSSR count). The highest BCUT2D eigenvalue weighted by molar-refractivity contribution is 9.11. The van der Waals surface area contributed by atoms with E-state index in [2.05, 4.69) is 15.9 Å². The van der Waals surface area contributed by atoms with Gasteiger partial charge in [0.2, 0.25) is 0 Å². The Morgan fingerprint density at radius 1 is 1.57 bits per heavy atom. The third-order valence-electron chi connectivity index (χ3n) is 0.515. The first-order valence-electron chi connectivity index (χ1n) is 1.88. The summed E-state index contributed by atoms with van der Waals surface area (Å²) in [4.78, 5) is 0. The molecule has 0 atom stereocenters. The lowest BCUT2D eigenvalue weighted by atomic mass is 10.5. The van der Waals surface area contributed by atoms with Crippen LogP contribution in [0.2, 0.25) is 0 Å². The molecular formula is C4H5BrCl2. The summed E-state index contributed by atoms with van der Waals surface area (Å²) in [5.74, 6) is 0. The molecule has 0 nitrogen and oxygen atoms in total. The van der Waals surface area contributed by atoms with Crippen molar-refractivity contribution in [1.82, 2.24) is 0 Å². The molecule has 0 aromatic heterocycles. The summed E-state index contributed by atoms with van der Waals surface area (Å²) >= 11 is 13.8. The van der Waals surface area contributed by atoms with Gasteiger partial charge in [-0.25, -0.2) is 0 Å². The molecule has 0 amide bonds. The van der Waals surface area contributed by atoms with Crippen LogP contribution in [0.25, 0.3) is 0 Å². The van der Waals surface area contributed by atoms with E-state index < -0.39 is 0 Å². The SMILES string of the molecule is CCC(Br)=C(Cl)Cl. The first kappa shape index (κ1) is 7.80. The van der Waals surface area contributed by atoms with Gasteiger partial charge in [0.05, 0.1) is 0 Å². The van der Waals surface area contributed by atoms with E-state index >= 15 is 0 Å². The van der Waals surface area contributed by atoms with Gasteiger partial charge in [-0.15, -0.1) is 0 Å². The van der Waals surface area contributed by atoms with Crippen molar-refractivity contribution in [2.24, 2.45) is 0 Å². The third kappa shape index (κ3) is 3.39. The smallest absolute Gasteiger partial charge is 0.0700 e. The fraction of sp³-hybridized carbons (Fsp3) is 0.500. The third-order valence-corrected chi connectivity index (χ3v) is 2.39. The minimum Gasteiger partial charge on any atom is -0.0700 e. The number of hydrogen-bond acceptors (Lipinski definition) is 0. The number of halogens is 3. The fourth-order valence-electron chi connectivity index (χ4n) is 0.134. The van der Waals surface area contributed by atoms with Crippen molar-refractivity contribution >= 4 is 39.1 Å². The standard InChI is InChI=1S/C4H5BrCl2/c1-2-3(5)4(6)7/h2H2,1H3. The van der Waals surface area contributed by atoms with E-state index in [-0.39, 0.29) is 0 Å². The highest BCUT2D eigenvalue weighted by atomic mass is 79.9. The average molecular weight is 204 g/mol. The van der Waals surface area contributed by atoms with Crippen LogP contribution in [0.1, 0.15) is 13.3 Å². The summed E-state index contributed by atoms with van der Waals surface area (Å²) in [6.07, 6.45) is 0.850. The summed E-state index contributed by atoms with van der Waals surface area (Å²) in [6.45, 7) is 1.97. The van der Waals surface area contributed by atoms with E-state index in [0.717, 1.165) is 10.9 Å². The highest BCUT2D eigenvalue weighted by Crippen LogP contribution is 2.21. The van der Waals surface area contributed by atoms with Crippen LogP contribution in [-0.2, 0) is 0 Å². The van der Waals surface area contributed by atoms with Crippen molar-refractivity contribution in [3.8, 4) is 0 Å². The molecule has 0 aromatic rings. The molecule has 0 aliphatic carbocycles. The fourth-order valence-corrected chi connectivity index (χ4v) is 0.401. The van der Waals surface area contributed by atoms with Gasteiger partial charge in [-0.2, -0.15) is 0 Å². The van der Waals surface area contributed by atoms with Gasteiger partial charge in [0.1, 0.15) is 4.49 Å². The molecular weight excluding hydrogens is 199 g/mol. The highest BCUT2D eigenvalue weighted by Gasteiger charge is 1.90. The lowest BCUT2D eigenvalue weighted by Gasteiger charge is -1.87. The summed E-state index contributed by atoms with van der Waals surface area (Å²) in [5, 5.41) is 0. The van der Waals surface area contributed by atoms with Gasteiger partial charge >= 0.3 is 0 Å². The Kier molecular flexibility index (Phi) is 4.19. The van der Waals surface area contributed by atoms with Crippen molar-refractivity contribution in [3.63, 3.8) is 0 Å². The second-order valence-electron chi connectivity index (χ2n) is 1.02. The molecule has 0 aromatic carbocycles. The molecule has 0 saturated carbocycles. The van der Waals surface area contributed by atoms with Crippen LogP contribution in [0.4, 0.5) is 0 Å². The summed E-state index contributed by atoms with van der Waals surface area (Å²) in [7, 11) is 0. The Labute approximate surface area is 61.6 Å². The van der Waals surface area contributed by atoms with Crippen LogP contribution in [0.3, 0.4) is 0 Å². The molecule has 0 aliphatic heterocycles. The second kappa shape index (κ2) is 3.76. The van der Waals surface area contributed by atoms with E-state index in [1.165, 1.54) is 0 Å². The minimum atomic E-state index is 0.322. The Morgan fingerprint density at radius 2 is 2.00 bits per heavy atom. The van der Waals surface area contributed by atoms with Gasteiger partial charge in [-0.3, -0.25) is 0 Å². The quantitative estimate of drug-likeness (QED) is 0.613. The second-order valence-corrected chi connectivity index (χ2v) is 2.93. The zero-order valence-corrected chi connectivity index (χ0v) is 6.94. The van der Waals surface area contributed by atoms with Crippen LogP contribution in [0.5, 0.6) is 0 Å². The summed E-state index contributed by atoms with van der Waals surface area (Å²) < 4.78 is 1.18. The van der Waals surface area contributed by atoms with Crippen LogP contribution in [0, 0.1) is 0 Å². The molecule has 7 heavy (non-hydrogen) atoms. The molecule has 0 radical (unpaired) electrons. The molecule has 0 N–H and O–H groups in total. The maximum atomic E-state index is 5.33. The van der Waals surface area contributed by atoms with Gasteiger partial charge in [0.15, 0.2) is 0 Å². The van der Waals surface area contributed by atoms with E-state index in [1.807, 2.05) is 6.92 Å². The molecule has 42 valence electrons. The number of hydrogen-bond donors (Lipinski definition) is 0. The topological polar surface area (TPSA) is 0 Å². The summed E-state index contributed by atoms with van der Waals surface area (Å²) in [6, 6.07) is 0. The predicted molar refractivity (Wildman–Crippen MR) is 38.0 cm³/mol. The molecule has 0 bridgehead atoms. The Hall–Kier alpha value is 0.800. The zero-order chi connectivity index (χ0) is 5.86. The average Bonchev–Trinajstić information content (AvgIpc) is 1.65. The largest absolute Gasteiger partial charge is 0.116 e. The molecule has 0 heterocycles. The maximum absolute atomic E-state index is 5.33. The van der Waals surface area contributed by atoms with Crippen LogP contribution in [-0.4, -0.2) is 0 Å². The van der Waals surface area contributed by atoms with E-state index in [0.29, 0.717) is 4.49 Å². The Balaban J connectivity index is 3.72. The molecule has 0 spiro atoms. The van der Waals surface area contributed by atoms with Gasteiger partial charge in [-0.05, 0) is 6.42 Å². The number of allylic oxidation sites excluding steroid dienone is 1. The first-order valence-corrected chi connectivity index (χ1v) is 3.43. The minimum absolute atomic E-state index is 0.322. The maximum Gasteiger partial charge on any atom is 0.116 e. The van der Waals surface area contributed by atoms with Crippen LogP contribution >= 0.6 is 39.1 Å². The van der Waals surface area contributed by atoms with E-state index in [1.54, 1.807) is 0 Å². The van der Waals surface area contributed by atoms with Crippen molar-refractivity contribution in [2.75, 3.05) is 0 Å². The summed E-state index contributed by atoms with van der Waals surface area (Å²) in [5.41, 5.74) is 0. The number of rotatable bonds is 1. The van der Waals surface area contributed by atoms with Crippen molar-refractivity contribution in [2.45, 2.75) is 13.3 Å². The zero-order valence-electron chi connectivity index (χ0n) is 3.84. The predicted octanol–water partition coefficient (Wildman–Crippen LogP) is 3.44. The first-order chi connectivity index (χ1) is 3.18. The molecule has 0 unspecified atom stereocenters. The van der Waals surface area contributed by atoms with Gasteiger partial charge < -0.3 is 0 Å². The molecule has 0 fully saturated rings. The van der Waals surface area contributed by atoms with E-state index in [4.69, 9.17) is 23.2 Å². The van der Waals surface area contributed by atoms with Crippen LogP contribution < -0.4 is 0 Å². The lowest BCUT2D eigenvalue weighted by Crippen LogP contribution is -1.62. The van der Waals surface area contributed by atoms with Crippen LogP contribution in [0.15, 0.2) is 8.97 Å². The van der Waals surface area contributed by atoms with Crippen molar-refractivity contribution in [3.05, 3.63) is 8.97 Å². The lowest BCUT2D eigenvalue weighted by molar-refractivity contribution is 1.21. The molecule has 0 aliphatic rings. The normalized spacial score (nSPS) is 8.57.